The minimum Gasteiger partial charge on any atom is -0.495 e. The minimum absolute atomic E-state index is 0.0476. The number of rotatable bonds is 5. The van der Waals surface area contributed by atoms with Crippen molar-refractivity contribution in [3.8, 4) is 5.75 Å². The number of benzene rings is 2. The van der Waals surface area contributed by atoms with Crippen LogP contribution in [0.3, 0.4) is 0 Å². The lowest BCUT2D eigenvalue weighted by molar-refractivity contribution is 0.102. The summed E-state index contributed by atoms with van der Waals surface area (Å²) in [7, 11) is 0.510. The van der Waals surface area contributed by atoms with Crippen molar-refractivity contribution in [2.45, 2.75) is 18.7 Å². The number of aryl methyl sites for hydroxylation is 1. The number of carbonyl (C=O) groups excluding carboxylic acids is 1. The Balaban J connectivity index is 2.43. The van der Waals surface area contributed by atoms with Gasteiger partial charge in [0.2, 0.25) is 10.0 Å². The number of amides is 1. The summed E-state index contributed by atoms with van der Waals surface area (Å²) < 4.78 is 31.1. The molecule has 0 aromatic heterocycles. The van der Waals surface area contributed by atoms with Gasteiger partial charge in [0.1, 0.15) is 10.6 Å². The molecule has 1 N–H and O–H groups in total. The fourth-order valence-corrected chi connectivity index (χ4v) is 3.37. The van der Waals surface area contributed by atoms with Crippen molar-refractivity contribution < 1.29 is 17.9 Å². The number of hydrogen-bond acceptors (Lipinski definition) is 4. The Hall–Kier alpha value is -2.38. The van der Waals surface area contributed by atoms with Gasteiger partial charge in [-0.25, -0.2) is 12.7 Å². The normalized spacial score (nSPS) is 11.4. The third-order valence-corrected chi connectivity index (χ3v) is 5.87. The highest BCUT2D eigenvalue weighted by atomic mass is 32.2. The van der Waals surface area contributed by atoms with Crippen LogP contribution in [0.4, 0.5) is 5.69 Å². The largest absolute Gasteiger partial charge is 0.495 e. The summed E-state index contributed by atoms with van der Waals surface area (Å²) in [5, 5.41) is 2.82. The first kappa shape index (κ1) is 19.0. The highest BCUT2D eigenvalue weighted by molar-refractivity contribution is 7.89. The van der Waals surface area contributed by atoms with Crippen LogP contribution < -0.4 is 10.1 Å². The summed E-state index contributed by atoms with van der Waals surface area (Å²) in [6.45, 7) is 3.88. The molecule has 2 aromatic rings. The quantitative estimate of drug-likeness (QED) is 0.887. The van der Waals surface area contributed by atoms with E-state index in [2.05, 4.69) is 5.32 Å². The number of sulfonamides is 1. The highest BCUT2D eigenvalue weighted by Gasteiger charge is 2.24. The van der Waals surface area contributed by atoms with Gasteiger partial charge in [0.15, 0.2) is 0 Å². The van der Waals surface area contributed by atoms with E-state index in [0.717, 1.165) is 15.4 Å². The van der Waals surface area contributed by atoms with Crippen LogP contribution in [0.25, 0.3) is 0 Å². The molecule has 0 aliphatic rings. The van der Waals surface area contributed by atoms with Crippen LogP contribution in [0.5, 0.6) is 5.75 Å². The second-order valence-corrected chi connectivity index (χ2v) is 7.97. The van der Waals surface area contributed by atoms with E-state index in [1.165, 1.54) is 39.4 Å². The van der Waals surface area contributed by atoms with Crippen LogP contribution >= 0.6 is 0 Å². The van der Waals surface area contributed by atoms with Gasteiger partial charge in [-0.3, -0.25) is 4.79 Å². The van der Waals surface area contributed by atoms with E-state index >= 15 is 0 Å². The number of anilines is 1. The van der Waals surface area contributed by atoms with Gasteiger partial charge >= 0.3 is 0 Å². The average molecular weight is 362 g/mol. The number of ether oxygens (including phenoxy) is 1. The molecule has 0 atom stereocenters. The standard InChI is InChI=1S/C18H22N2O4S/c1-12-7-6-8-15(13(12)2)19-18(21)14-9-10-16(24-5)17(11-14)25(22,23)20(3)4/h6-11H,1-5H3,(H,19,21). The molecule has 0 aliphatic carbocycles. The van der Waals surface area contributed by atoms with E-state index in [4.69, 9.17) is 4.74 Å². The third kappa shape index (κ3) is 3.83. The molecule has 1 amide bonds. The zero-order chi connectivity index (χ0) is 18.8. The maximum absolute atomic E-state index is 12.6. The summed E-state index contributed by atoms with van der Waals surface area (Å²) in [5.41, 5.74) is 2.95. The van der Waals surface area contributed by atoms with Crippen molar-refractivity contribution in [3.05, 3.63) is 53.1 Å². The zero-order valence-electron chi connectivity index (χ0n) is 15.0. The van der Waals surface area contributed by atoms with Gasteiger partial charge in [0.05, 0.1) is 7.11 Å². The summed E-state index contributed by atoms with van der Waals surface area (Å²) >= 11 is 0. The Kier molecular flexibility index (Phi) is 5.49. The monoisotopic (exact) mass is 362 g/mol. The van der Waals surface area contributed by atoms with E-state index in [1.807, 2.05) is 26.0 Å². The molecule has 25 heavy (non-hydrogen) atoms. The molecular formula is C18H22N2O4S. The van der Waals surface area contributed by atoms with Gasteiger partial charge in [0, 0.05) is 25.3 Å². The fourth-order valence-electron chi connectivity index (χ4n) is 2.30. The summed E-state index contributed by atoms with van der Waals surface area (Å²) in [4.78, 5) is 12.5. The molecule has 6 nitrogen and oxygen atoms in total. The molecule has 7 heteroatoms. The molecule has 0 saturated heterocycles. The van der Waals surface area contributed by atoms with Crippen LogP contribution in [-0.4, -0.2) is 39.8 Å². The molecule has 0 radical (unpaired) electrons. The smallest absolute Gasteiger partial charge is 0.255 e. The Bertz CT molecular complexity index is 905. The van der Waals surface area contributed by atoms with Gasteiger partial charge in [0.25, 0.3) is 5.91 Å². The van der Waals surface area contributed by atoms with Crippen LogP contribution in [0.15, 0.2) is 41.3 Å². The Labute approximate surface area is 148 Å². The SMILES string of the molecule is COc1ccc(C(=O)Nc2cccc(C)c2C)cc1S(=O)(=O)N(C)C. The maximum atomic E-state index is 12.6. The molecule has 0 bridgehead atoms. The van der Waals surface area contributed by atoms with E-state index in [9.17, 15) is 13.2 Å². The first-order valence-electron chi connectivity index (χ1n) is 7.66. The summed E-state index contributed by atoms with van der Waals surface area (Å²) in [6, 6.07) is 9.96. The minimum atomic E-state index is -3.74. The van der Waals surface area contributed by atoms with Gasteiger partial charge in [-0.15, -0.1) is 0 Å². The van der Waals surface area contributed by atoms with Crippen molar-refractivity contribution in [1.82, 2.24) is 4.31 Å². The lowest BCUT2D eigenvalue weighted by Crippen LogP contribution is -2.23. The van der Waals surface area contributed by atoms with Gasteiger partial charge < -0.3 is 10.1 Å². The van der Waals surface area contributed by atoms with Gasteiger partial charge in [-0.1, -0.05) is 12.1 Å². The molecule has 0 saturated carbocycles. The maximum Gasteiger partial charge on any atom is 0.255 e. The van der Waals surface area contributed by atoms with Crippen LogP contribution in [-0.2, 0) is 10.0 Å². The van der Waals surface area contributed by atoms with Crippen LogP contribution in [0, 0.1) is 13.8 Å². The van der Waals surface area contributed by atoms with E-state index in [1.54, 1.807) is 6.07 Å². The highest BCUT2D eigenvalue weighted by Crippen LogP contribution is 2.27. The van der Waals surface area contributed by atoms with Crippen molar-refractivity contribution in [2.75, 3.05) is 26.5 Å². The van der Waals surface area contributed by atoms with Crippen molar-refractivity contribution in [3.63, 3.8) is 0 Å². The summed E-state index contributed by atoms with van der Waals surface area (Å²) in [6.07, 6.45) is 0. The van der Waals surface area contributed by atoms with E-state index < -0.39 is 10.0 Å². The number of nitrogens with zero attached hydrogens (tertiary/aromatic N) is 1. The number of carbonyl (C=O) groups is 1. The topological polar surface area (TPSA) is 75.7 Å². The molecular weight excluding hydrogens is 340 g/mol. The van der Waals surface area contributed by atoms with E-state index in [-0.39, 0.29) is 22.1 Å². The predicted octanol–water partition coefficient (Wildman–Crippen LogP) is 2.81. The molecule has 0 unspecified atom stereocenters. The van der Waals surface area contributed by atoms with Crippen molar-refractivity contribution in [1.29, 1.82) is 0 Å². The third-order valence-electron chi connectivity index (χ3n) is 4.04. The number of nitrogens with one attached hydrogen (secondary N) is 1. The second kappa shape index (κ2) is 7.25. The van der Waals surface area contributed by atoms with Crippen molar-refractivity contribution in [2.24, 2.45) is 0 Å². The van der Waals surface area contributed by atoms with E-state index in [0.29, 0.717) is 5.69 Å². The zero-order valence-corrected chi connectivity index (χ0v) is 15.8. The van der Waals surface area contributed by atoms with Crippen LogP contribution in [0.1, 0.15) is 21.5 Å². The predicted molar refractivity (Wildman–Crippen MR) is 97.7 cm³/mol. The van der Waals surface area contributed by atoms with Gasteiger partial charge in [-0.05, 0) is 49.2 Å². The van der Waals surface area contributed by atoms with Gasteiger partial charge in [-0.2, -0.15) is 0 Å². The lowest BCUT2D eigenvalue weighted by atomic mass is 10.1. The molecule has 134 valence electrons. The Morgan fingerprint density at radius 1 is 1.12 bits per heavy atom. The Morgan fingerprint density at radius 3 is 2.40 bits per heavy atom. The average Bonchev–Trinajstić information content (AvgIpc) is 2.58. The molecule has 0 heterocycles. The summed E-state index contributed by atoms with van der Waals surface area (Å²) in [5.74, 6) is -0.191. The lowest BCUT2D eigenvalue weighted by Gasteiger charge is -2.16. The molecule has 0 aliphatic heterocycles. The first-order chi connectivity index (χ1) is 11.7. The number of methoxy groups -OCH3 is 1. The Morgan fingerprint density at radius 2 is 1.80 bits per heavy atom. The van der Waals surface area contributed by atoms with Crippen molar-refractivity contribution >= 4 is 21.6 Å². The first-order valence-corrected chi connectivity index (χ1v) is 9.10. The molecule has 2 aromatic carbocycles. The molecule has 2 rings (SSSR count). The molecule has 0 spiro atoms. The second-order valence-electron chi connectivity index (χ2n) is 5.85. The molecule has 0 fully saturated rings. The number of hydrogen-bond donors (Lipinski definition) is 1. The fraction of sp³-hybridized carbons (Fsp3) is 0.278. The van der Waals surface area contributed by atoms with Crippen LogP contribution in [0.2, 0.25) is 0 Å².